The number of nitrogens with zero attached hydrogens (tertiary/aromatic N) is 2. The zero-order chi connectivity index (χ0) is 19.2. The summed E-state index contributed by atoms with van der Waals surface area (Å²) in [5.74, 6) is 1.48. The van der Waals surface area contributed by atoms with Crippen LogP contribution in [0.15, 0.2) is 34.1 Å². The highest BCUT2D eigenvalue weighted by molar-refractivity contribution is 7.10. The van der Waals surface area contributed by atoms with Crippen molar-refractivity contribution < 1.29 is 28.2 Å². The molecule has 3 rings (SSSR count). The average molecular weight is 390 g/mol. The number of aromatic nitrogens is 2. The van der Waals surface area contributed by atoms with Crippen LogP contribution in [0.3, 0.4) is 0 Å². The van der Waals surface area contributed by atoms with Gasteiger partial charge in [0.15, 0.2) is 18.1 Å². The van der Waals surface area contributed by atoms with E-state index in [9.17, 15) is 4.79 Å². The number of thiophene rings is 1. The van der Waals surface area contributed by atoms with Gasteiger partial charge in [0.1, 0.15) is 0 Å². The van der Waals surface area contributed by atoms with Gasteiger partial charge in [0, 0.05) is 10.4 Å². The van der Waals surface area contributed by atoms with Gasteiger partial charge in [-0.25, -0.2) is 0 Å². The number of carbonyl (C=O) groups is 1. The van der Waals surface area contributed by atoms with Crippen LogP contribution in [0.5, 0.6) is 17.2 Å². The van der Waals surface area contributed by atoms with Gasteiger partial charge in [-0.15, -0.1) is 21.5 Å². The van der Waals surface area contributed by atoms with Gasteiger partial charge in [-0.3, -0.25) is 4.79 Å². The lowest BCUT2D eigenvalue weighted by molar-refractivity contribution is -0.144. The fourth-order valence-corrected chi connectivity index (χ4v) is 3.07. The molecule has 8 nitrogen and oxygen atoms in total. The number of methoxy groups -OCH3 is 3. The minimum atomic E-state index is -0.356. The van der Waals surface area contributed by atoms with E-state index in [2.05, 4.69) is 10.2 Å². The number of rotatable bonds is 8. The molecule has 0 aliphatic carbocycles. The Kier molecular flexibility index (Phi) is 5.92. The minimum Gasteiger partial charge on any atom is -0.493 e. The SMILES string of the molecule is COc1cc(-c2nnc(COC(=O)Cc3cccs3)o2)cc(OC)c1OC. The third kappa shape index (κ3) is 4.37. The highest BCUT2D eigenvalue weighted by atomic mass is 32.1. The van der Waals surface area contributed by atoms with E-state index in [4.69, 9.17) is 23.4 Å². The Labute approximate surface area is 159 Å². The van der Waals surface area contributed by atoms with E-state index in [1.165, 1.54) is 32.7 Å². The Balaban J connectivity index is 1.71. The van der Waals surface area contributed by atoms with Crippen LogP contribution in [0.25, 0.3) is 11.5 Å². The molecule has 27 heavy (non-hydrogen) atoms. The molecule has 0 N–H and O–H groups in total. The third-order valence-corrected chi connectivity index (χ3v) is 4.51. The maximum Gasteiger partial charge on any atom is 0.311 e. The van der Waals surface area contributed by atoms with E-state index in [0.29, 0.717) is 22.8 Å². The van der Waals surface area contributed by atoms with E-state index < -0.39 is 0 Å². The molecular formula is C18H18N2O6S. The van der Waals surface area contributed by atoms with Gasteiger partial charge in [0.05, 0.1) is 27.8 Å². The third-order valence-electron chi connectivity index (χ3n) is 3.63. The quantitative estimate of drug-likeness (QED) is 0.542. The predicted molar refractivity (Wildman–Crippen MR) is 97.2 cm³/mol. The van der Waals surface area contributed by atoms with Crippen molar-refractivity contribution in [2.45, 2.75) is 13.0 Å². The zero-order valence-corrected chi connectivity index (χ0v) is 15.9. The van der Waals surface area contributed by atoms with Crippen LogP contribution in [-0.2, 0) is 22.6 Å². The molecular weight excluding hydrogens is 372 g/mol. The number of benzene rings is 1. The predicted octanol–water partition coefficient (Wildman–Crippen LogP) is 3.11. The molecule has 0 fully saturated rings. The van der Waals surface area contributed by atoms with Crippen molar-refractivity contribution in [3.63, 3.8) is 0 Å². The molecule has 0 bridgehead atoms. The smallest absolute Gasteiger partial charge is 0.311 e. The minimum absolute atomic E-state index is 0.0956. The lowest BCUT2D eigenvalue weighted by atomic mass is 10.2. The molecule has 1 aromatic carbocycles. The van der Waals surface area contributed by atoms with Crippen LogP contribution in [0.1, 0.15) is 10.8 Å². The van der Waals surface area contributed by atoms with Crippen LogP contribution in [0, 0.1) is 0 Å². The highest BCUT2D eigenvalue weighted by Crippen LogP contribution is 2.40. The maximum absolute atomic E-state index is 11.8. The molecule has 2 aromatic heterocycles. The molecule has 0 amide bonds. The molecule has 0 aliphatic rings. The van der Waals surface area contributed by atoms with E-state index in [1.807, 2.05) is 17.5 Å². The van der Waals surface area contributed by atoms with Crippen LogP contribution in [0.4, 0.5) is 0 Å². The second-order valence-electron chi connectivity index (χ2n) is 5.33. The van der Waals surface area contributed by atoms with Crippen molar-refractivity contribution in [3.05, 3.63) is 40.4 Å². The van der Waals surface area contributed by atoms with E-state index in [0.717, 1.165) is 4.88 Å². The number of esters is 1. The first kappa shape index (κ1) is 18.7. The van der Waals surface area contributed by atoms with Crippen LogP contribution >= 0.6 is 11.3 Å². The van der Waals surface area contributed by atoms with Crippen molar-refractivity contribution in [3.8, 4) is 28.7 Å². The Morgan fingerprint density at radius 1 is 1.11 bits per heavy atom. The van der Waals surface area contributed by atoms with Gasteiger partial charge in [0.25, 0.3) is 5.89 Å². The van der Waals surface area contributed by atoms with E-state index in [1.54, 1.807) is 12.1 Å². The number of hydrogen-bond acceptors (Lipinski definition) is 9. The summed E-state index contributed by atoms with van der Waals surface area (Å²) in [4.78, 5) is 12.8. The molecule has 0 spiro atoms. The summed E-state index contributed by atoms with van der Waals surface area (Å²) >= 11 is 1.50. The van der Waals surface area contributed by atoms with Crippen molar-refractivity contribution in [1.82, 2.24) is 10.2 Å². The van der Waals surface area contributed by atoms with E-state index >= 15 is 0 Å². The van der Waals surface area contributed by atoms with Gasteiger partial charge in [-0.05, 0) is 23.6 Å². The molecule has 0 unspecified atom stereocenters. The maximum atomic E-state index is 11.8. The average Bonchev–Trinajstić information content (AvgIpc) is 3.37. The molecule has 9 heteroatoms. The van der Waals surface area contributed by atoms with Gasteiger partial charge in [-0.2, -0.15) is 0 Å². The molecule has 0 aliphatic heterocycles. The number of carbonyl (C=O) groups excluding carboxylic acids is 1. The van der Waals surface area contributed by atoms with Gasteiger partial charge < -0.3 is 23.4 Å². The zero-order valence-electron chi connectivity index (χ0n) is 15.1. The second kappa shape index (κ2) is 8.54. The molecule has 0 saturated heterocycles. The molecule has 2 heterocycles. The first-order valence-corrected chi connectivity index (χ1v) is 8.83. The standard InChI is InChI=1S/C18H18N2O6S/c1-22-13-7-11(8-14(23-2)17(13)24-3)18-20-19-15(26-18)10-25-16(21)9-12-5-4-6-27-12/h4-8H,9-10H2,1-3H3. The summed E-state index contributed by atoms with van der Waals surface area (Å²) in [6, 6.07) is 7.15. The van der Waals surface area contributed by atoms with Crippen molar-refractivity contribution in [1.29, 1.82) is 0 Å². The lowest BCUT2D eigenvalue weighted by Gasteiger charge is -2.12. The van der Waals surface area contributed by atoms with Crippen LogP contribution in [0.2, 0.25) is 0 Å². The number of hydrogen-bond donors (Lipinski definition) is 0. The fourth-order valence-electron chi connectivity index (χ4n) is 2.38. The molecule has 0 saturated carbocycles. The van der Waals surface area contributed by atoms with Crippen molar-refractivity contribution in [2.24, 2.45) is 0 Å². The monoisotopic (exact) mass is 390 g/mol. The summed E-state index contributed by atoms with van der Waals surface area (Å²) in [5.41, 5.74) is 0.591. The summed E-state index contributed by atoms with van der Waals surface area (Å²) in [6.07, 6.45) is 0.214. The van der Waals surface area contributed by atoms with Crippen molar-refractivity contribution >= 4 is 17.3 Å². The summed E-state index contributed by atoms with van der Waals surface area (Å²) in [7, 11) is 4.57. The Morgan fingerprint density at radius 2 is 1.85 bits per heavy atom. The summed E-state index contributed by atoms with van der Waals surface area (Å²) < 4.78 is 26.7. The molecule has 0 atom stereocenters. The Hall–Kier alpha value is -3.07. The van der Waals surface area contributed by atoms with Crippen molar-refractivity contribution in [2.75, 3.05) is 21.3 Å². The van der Waals surface area contributed by atoms with Crippen LogP contribution in [-0.4, -0.2) is 37.5 Å². The fraction of sp³-hybridized carbons (Fsp3) is 0.278. The first-order valence-electron chi connectivity index (χ1n) is 7.95. The topological polar surface area (TPSA) is 92.9 Å². The number of ether oxygens (including phenoxy) is 4. The lowest BCUT2D eigenvalue weighted by Crippen LogP contribution is -2.07. The van der Waals surface area contributed by atoms with Gasteiger partial charge in [0.2, 0.25) is 11.6 Å². The van der Waals surface area contributed by atoms with E-state index in [-0.39, 0.29) is 30.8 Å². The summed E-state index contributed by atoms with van der Waals surface area (Å²) in [5, 5.41) is 9.81. The normalized spacial score (nSPS) is 10.5. The van der Waals surface area contributed by atoms with Gasteiger partial charge in [-0.1, -0.05) is 6.07 Å². The highest BCUT2D eigenvalue weighted by Gasteiger charge is 2.18. The largest absolute Gasteiger partial charge is 0.493 e. The Morgan fingerprint density at radius 3 is 2.44 bits per heavy atom. The molecule has 0 radical (unpaired) electrons. The van der Waals surface area contributed by atoms with Gasteiger partial charge >= 0.3 is 5.97 Å². The molecule has 3 aromatic rings. The molecule has 142 valence electrons. The second-order valence-corrected chi connectivity index (χ2v) is 6.36. The first-order chi connectivity index (χ1) is 13.1. The Bertz CT molecular complexity index is 881. The summed E-state index contributed by atoms with van der Waals surface area (Å²) in [6.45, 7) is -0.0956. The van der Waals surface area contributed by atoms with Crippen LogP contribution < -0.4 is 14.2 Å².